The highest BCUT2D eigenvalue weighted by Gasteiger charge is 2.34. The zero-order valence-corrected chi connectivity index (χ0v) is 14.2. The molecule has 1 unspecified atom stereocenters. The molecule has 0 bridgehead atoms. The molecular formula is C18H22N4O3. The Morgan fingerprint density at radius 3 is 2.84 bits per heavy atom. The fourth-order valence-corrected chi connectivity index (χ4v) is 3.10. The number of amides is 2. The highest BCUT2D eigenvalue weighted by molar-refractivity contribution is 5.98. The van der Waals surface area contributed by atoms with E-state index in [-0.39, 0.29) is 28.9 Å². The van der Waals surface area contributed by atoms with Crippen molar-refractivity contribution in [2.24, 2.45) is 11.1 Å². The number of hydrogen-bond donors (Lipinski definition) is 3. The van der Waals surface area contributed by atoms with Crippen LogP contribution >= 0.6 is 0 Å². The van der Waals surface area contributed by atoms with Crippen LogP contribution in [0.15, 0.2) is 35.3 Å². The summed E-state index contributed by atoms with van der Waals surface area (Å²) in [5.74, 6) is -0.719. The predicted octanol–water partition coefficient (Wildman–Crippen LogP) is 0.455. The number of para-hydroxylation sites is 1. The monoisotopic (exact) mass is 342 g/mol. The maximum Gasteiger partial charge on any atom is 0.257 e. The number of benzene rings is 1. The van der Waals surface area contributed by atoms with Crippen molar-refractivity contribution in [2.75, 3.05) is 26.2 Å². The summed E-state index contributed by atoms with van der Waals surface area (Å²) in [7, 11) is 0. The minimum Gasteiger partial charge on any atom is -0.360 e. The van der Waals surface area contributed by atoms with E-state index in [4.69, 9.17) is 5.73 Å². The highest BCUT2D eigenvalue weighted by atomic mass is 16.2. The molecule has 0 spiro atoms. The van der Waals surface area contributed by atoms with Crippen molar-refractivity contribution in [3.63, 3.8) is 0 Å². The van der Waals surface area contributed by atoms with Gasteiger partial charge in [-0.2, -0.15) is 0 Å². The van der Waals surface area contributed by atoms with Crippen molar-refractivity contribution in [3.05, 3.63) is 46.2 Å². The number of pyridine rings is 1. The molecule has 7 heteroatoms. The van der Waals surface area contributed by atoms with Crippen molar-refractivity contribution >= 4 is 22.7 Å². The van der Waals surface area contributed by atoms with E-state index in [0.29, 0.717) is 30.5 Å². The molecule has 0 radical (unpaired) electrons. The summed E-state index contributed by atoms with van der Waals surface area (Å²) in [6.45, 7) is 3.67. The fraction of sp³-hybridized carbons (Fsp3) is 0.389. The summed E-state index contributed by atoms with van der Waals surface area (Å²) < 4.78 is 0. The molecule has 4 N–H and O–H groups in total. The number of aromatic nitrogens is 1. The molecule has 25 heavy (non-hydrogen) atoms. The third kappa shape index (κ3) is 3.41. The Balaban J connectivity index is 1.66. The summed E-state index contributed by atoms with van der Waals surface area (Å²) >= 11 is 0. The molecule has 3 rings (SSSR count). The third-order valence-electron chi connectivity index (χ3n) is 4.84. The Bertz CT molecular complexity index is 876. The maximum absolute atomic E-state index is 12.4. The number of likely N-dealkylation sites (tertiary alicyclic amines) is 1. The normalized spacial score (nSPS) is 20.0. The van der Waals surface area contributed by atoms with Gasteiger partial charge in [-0.1, -0.05) is 19.1 Å². The molecule has 1 saturated heterocycles. The summed E-state index contributed by atoms with van der Waals surface area (Å²) in [4.78, 5) is 41.6. The van der Waals surface area contributed by atoms with E-state index >= 15 is 0 Å². The Kier molecular flexibility index (Phi) is 4.59. The quantitative estimate of drug-likeness (QED) is 0.750. The van der Waals surface area contributed by atoms with Crippen LogP contribution in [-0.4, -0.2) is 47.9 Å². The van der Waals surface area contributed by atoms with E-state index in [2.05, 4.69) is 10.3 Å². The lowest BCUT2D eigenvalue weighted by molar-refractivity contribution is -0.129. The summed E-state index contributed by atoms with van der Waals surface area (Å²) in [5.41, 5.74) is 6.00. The molecule has 2 amide bonds. The number of fused-ring (bicyclic) bond motifs is 1. The minimum atomic E-state index is -0.555. The van der Waals surface area contributed by atoms with E-state index in [1.54, 1.807) is 23.1 Å². The van der Waals surface area contributed by atoms with Crippen molar-refractivity contribution < 1.29 is 9.59 Å². The van der Waals surface area contributed by atoms with Gasteiger partial charge in [-0.05, 0) is 30.5 Å². The number of rotatable bonds is 4. The van der Waals surface area contributed by atoms with Crippen LogP contribution < -0.4 is 16.5 Å². The van der Waals surface area contributed by atoms with Crippen molar-refractivity contribution in [2.45, 2.75) is 13.3 Å². The number of nitrogens with two attached hydrogens (primary N) is 1. The third-order valence-corrected chi connectivity index (χ3v) is 4.84. The SMILES string of the molecule is CC1(CN)CCN(C(=O)CNC(=O)c2c[nH]c3ccccc3c2=O)C1. The van der Waals surface area contributed by atoms with Gasteiger partial charge in [0.2, 0.25) is 11.3 Å². The van der Waals surface area contributed by atoms with Crippen molar-refractivity contribution in [1.82, 2.24) is 15.2 Å². The lowest BCUT2D eigenvalue weighted by Crippen LogP contribution is -2.41. The van der Waals surface area contributed by atoms with Crippen LogP contribution in [0.4, 0.5) is 0 Å². The molecule has 1 aromatic carbocycles. The highest BCUT2D eigenvalue weighted by Crippen LogP contribution is 2.28. The van der Waals surface area contributed by atoms with Gasteiger partial charge < -0.3 is 20.9 Å². The first kappa shape index (κ1) is 17.2. The van der Waals surface area contributed by atoms with Gasteiger partial charge in [0.1, 0.15) is 5.56 Å². The molecule has 1 fully saturated rings. The van der Waals surface area contributed by atoms with Gasteiger partial charge >= 0.3 is 0 Å². The van der Waals surface area contributed by atoms with Crippen LogP contribution in [0.5, 0.6) is 0 Å². The van der Waals surface area contributed by atoms with Gasteiger partial charge in [-0.25, -0.2) is 0 Å². The van der Waals surface area contributed by atoms with Gasteiger partial charge in [-0.15, -0.1) is 0 Å². The Hall–Kier alpha value is -2.67. The predicted molar refractivity (Wildman–Crippen MR) is 95.3 cm³/mol. The number of H-pyrrole nitrogens is 1. The standard InChI is InChI=1S/C18H22N4O3/c1-18(10-19)6-7-22(11-18)15(23)9-21-17(25)13-8-20-14-5-3-2-4-12(14)16(13)24/h2-5,8H,6-7,9-11,19H2,1H3,(H,20,24)(H,21,25). The number of nitrogens with one attached hydrogen (secondary N) is 2. The summed E-state index contributed by atoms with van der Waals surface area (Å²) in [6, 6.07) is 6.98. The Morgan fingerprint density at radius 2 is 2.12 bits per heavy atom. The van der Waals surface area contributed by atoms with E-state index in [9.17, 15) is 14.4 Å². The van der Waals surface area contributed by atoms with Crippen molar-refractivity contribution in [3.8, 4) is 0 Å². The first-order valence-corrected chi connectivity index (χ1v) is 8.30. The number of hydrogen-bond acceptors (Lipinski definition) is 4. The number of aromatic amines is 1. The zero-order valence-electron chi connectivity index (χ0n) is 14.2. The first-order valence-electron chi connectivity index (χ1n) is 8.30. The second-order valence-electron chi connectivity index (χ2n) is 6.84. The molecule has 7 nitrogen and oxygen atoms in total. The molecule has 1 atom stereocenters. The average Bonchev–Trinajstić information content (AvgIpc) is 3.03. The molecule has 0 aliphatic carbocycles. The fourth-order valence-electron chi connectivity index (χ4n) is 3.10. The van der Waals surface area contributed by atoms with Gasteiger partial charge in [-0.3, -0.25) is 14.4 Å². The second kappa shape index (κ2) is 6.68. The number of carbonyl (C=O) groups is 2. The van der Waals surface area contributed by atoms with Gasteiger partial charge in [0.15, 0.2) is 0 Å². The molecule has 0 saturated carbocycles. The summed E-state index contributed by atoms with van der Waals surface area (Å²) in [6.07, 6.45) is 2.24. The van der Waals surface area contributed by atoms with Crippen LogP contribution in [-0.2, 0) is 4.79 Å². The Labute approximate surface area is 145 Å². The van der Waals surface area contributed by atoms with E-state index in [1.807, 2.05) is 13.0 Å². The molecule has 2 heterocycles. The lowest BCUT2D eigenvalue weighted by Gasteiger charge is -2.22. The minimum absolute atomic E-state index is 0.000261. The lowest BCUT2D eigenvalue weighted by atomic mass is 9.90. The van der Waals surface area contributed by atoms with Crippen molar-refractivity contribution in [1.29, 1.82) is 0 Å². The van der Waals surface area contributed by atoms with Gasteiger partial charge in [0.05, 0.1) is 6.54 Å². The molecule has 1 aliphatic heterocycles. The molecule has 1 aromatic heterocycles. The molecule has 132 valence electrons. The maximum atomic E-state index is 12.4. The van der Waals surface area contributed by atoms with Gasteiger partial charge in [0.25, 0.3) is 5.91 Å². The largest absolute Gasteiger partial charge is 0.360 e. The zero-order chi connectivity index (χ0) is 18.0. The Morgan fingerprint density at radius 1 is 1.36 bits per heavy atom. The van der Waals surface area contributed by atoms with Crippen LogP contribution in [0.3, 0.4) is 0 Å². The van der Waals surface area contributed by atoms with E-state index in [0.717, 1.165) is 6.42 Å². The molecule has 2 aromatic rings. The number of nitrogens with zero attached hydrogens (tertiary/aromatic N) is 1. The summed E-state index contributed by atoms with van der Waals surface area (Å²) in [5, 5.41) is 2.99. The average molecular weight is 342 g/mol. The van der Waals surface area contributed by atoms with E-state index in [1.165, 1.54) is 6.20 Å². The molecular weight excluding hydrogens is 320 g/mol. The molecule has 1 aliphatic rings. The van der Waals surface area contributed by atoms with Gasteiger partial charge in [0, 0.05) is 30.2 Å². The van der Waals surface area contributed by atoms with E-state index < -0.39 is 5.91 Å². The first-order chi connectivity index (χ1) is 11.9. The number of carbonyl (C=O) groups excluding carboxylic acids is 2. The van der Waals surface area contributed by atoms with Crippen LogP contribution in [0.25, 0.3) is 10.9 Å². The smallest absolute Gasteiger partial charge is 0.257 e. The second-order valence-corrected chi connectivity index (χ2v) is 6.84. The van der Waals surface area contributed by atoms with Crippen LogP contribution in [0, 0.1) is 5.41 Å². The van der Waals surface area contributed by atoms with Crippen LogP contribution in [0.2, 0.25) is 0 Å². The van der Waals surface area contributed by atoms with Crippen LogP contribution in [0.1, 0.15) is 23.7 Å². The topological polar surface area (TPSA) is 108 Å².